The van der Waals surface area contributed by atoms with Gasteiger partial charge in [0.15, 0.2) is 17.3 Å². The molecule has 0 saturated carbocycles. The summed E-state index contributed by atoms with van der Waals surface area (Å²) < 4.78 is 16.1. The number of oxime groups is 1. The lowest BCUT2D eigenvalue weighted by Crippen LogP contribution is -2.27. The number of esters is 1. The Kier molecular flexibility index (Phi) is 7.60. The van der Waals surface area contributed by atoms with Crippen molar-refractivity contribution in [2.24, 2.45) is 5.16 Å². The Hall–Kier alpha value is -4.66. The van der Waals surface area contributed by atoms with Crippen molar-refractivity contribution >= 4 is 29.1 Å². The molecule has 1 amide bonds. The van der Waals surface area contributed by atoms with Crippen molar-refractivity contribution < 1.29 is 33.4 Å². The molecule has 0 spiro atoms. The lowest BCUT2D eigenvalue weighted by Gasteiger charge is -2.18. The minimum absolute atomic E-state index is 0.133. The molecule has 9 heteroatoms. The van der Waals surface area contributed by atoms with Gasteiger partial charge in [-0.15, -0.1) is 0 Å². The molecule has 0 aliphatic carbocycles. The van der Waals surface area contributed by atoms with Gasteiger partial charge in [-0.25, -0.2) is 4.79 Å². The first-order chi connectivity index (χ1) is 17.4. The van der Waals surface area contributed by atoms with E-state index in [0.29, 0.717) is 34.0 Å². The van der Waals surface area contributed by atoms with E-state index in [4.69, 9.17) is 19.0 Å². The highest BCUT2D eigenvalue weighted by Crippen LogP contribution is 2.32. The number of amides is 1. The topological polar surface area (TPSA) is 113 Å². The third-order valence-corrected chi connectivity index (χ3v) is 5.30. The molecule has 1 heterocycles. The first kappa shape index (κ1) is 24.5. The summed E-state index contributed by atoms with van der Waals surface area (Å²) in [6, 6.07) is 20.4. The van der Waals surface area contributed by atoms with Crippen molar-refractivity contribution in [2.45, 2.75) is 20.0 Å². The van der Waals surface area contributed by atoms with Crippen LogP contribution in [0.3, 0.4) is 0 Å². The highest BCUT2D eigenvalue weighted by Gasteiger charge is 2.25. The maximum Gasteiger partial charge on any atom is 0.348 e. The molecule has 36 heavy (non-hydrogen) atoms. The van der Waals surface area contributed by atoms with Crippen LogP contribution in [0, 0.1) is 0 Å². The fraction of sp³-hybridized carbons (Fsp3) is 0.185. The zero-order valence-electron chi connectivity index (χ0n) is 19.7. The summed E-state index contributed by atoms with van der Waals surface area (Å²) in [7, 11) is 0. The molecule has 1 atom stereocenters. The van der Waals surface area contributed by atoms with Crippen LogP contribution in [-0.4, -0.2) is 36.8 Å². The van der Waals surface area contributed by atoms with Crippen molar-refractivity contribution in [1.82, 2.24) is 0 Å². The number of Topliss-reactive ketones (excluding diaryl/α,β-unsaturated/α-hetero) is 1. The van der Waals surface area contributed by atoms with Crippen LogP contribution in [-0.2, 0) is 19.2 Å². The van der Waals surface area contributed by atoms with Gasteiger partial charge in [-0.05, 0) is 44.2 Å². The predicted molar refractivity (Wildman–Crippen MR) is 131 cm³/mol. The monoisotopic (exact) mass is 488 g/mol. The molecule has 0 bridgehead atoms. The number of fused-ring (bicyclic) bond motifs is 1. The summed E-state index contributed by atoms with van der Waals surface area (Å²) in [6.07, 6.45) is -1.23. The van der Waals surface area contributed by atoms with Crippen molar-refractivity contribution in [3.63, 3.8) is 0 Å². The van der Waals surface area contributed by atoms with Gasteiger partial charge in [-0.1, -0.05) is 47.6 Å². The number of nitrogens with one attached hydrogen (secondary N) is 1. The first-order valence-electron chi connectivity index (χ1n) is 11.1. The molecule has 4 rings (SSSR count). The fourth-order valence-corrected chi connectivity index (χ4v) is 3.45. The van der Waals surface area contributed by atoms with Crippen molar-refractivity contribution in [1.29, 1.82) is 0 Å². The summed E-state index contributed by atoms with van der Waals surface area (Å²) in [6.45, 7) is 2.82. The Morgan fingerprint density at radius 1 is 0.917 bits per heavy atom. The number of carbonyl (C=O) groups is 3. The summed E-state index contributed by atoms with van der Waals surface area (Å²) >= 11 is 0. The summed E-state index contributed by atoms with van der Waals surface area (Å²) in [4.78, 5) is 42.4. The van der Waals surface area contributed by atoms with E-state index in [2.05, 4.69) is 10.5 Å². The quantitative estimate of drug-likeness (QED) is 0.207. The van der Waals surface area contributed by atoms with E-state index in [9.17, 15) is 14.4 Å². The number of carbonyl (C=O) groups excluding carboxylic acids is 3. The molecular formula is C27H24N2O7. The van der Waals surface area contributed by atoms with Gasteiger partial charge >= 0.3 is 5.97 Å². The Balaban J connectivity index is 1.41. The molecule has 3 aromatic carbocycles. The first-order valence-corrected chi connectivity index (χ1v) is 11.1. The predicted octanol–water partition coefficient (Wildman–Crippen LogP) is 4.28. The number of anilines is 1. The van der Waals surface area contributed by atoms with Crippen LogP contribution < -0.4 is 14.8 Å². The number of hydrogen-bond acceptors (Lipinski definition) is 8. The number of ketones is 1. The molecule has 1 aliphatic rings. The van der Waals surface area contributed by atoms with Crippen LogP contribution in [0.4, 0.5) is 5.69 Å². The largest absolute Gasteiger partial charge is 0.454 e. The van der Waals surface area contributed by atoms with Crippen LogP contribution in [0.25, 0.3) is 0 Å². The number of rotatable bonds is 9. The van der Waals surface area contributed by atoms with Gasteiger partial charge in [-0.3, -0.25) is 9.59 Å². The summed E-state index contributed by atoms with van der Waals surface area (Å²) in [5.74, 6) is -0.235. The highest BCUT2D eigenvalue weighted by atomic mass is 16.7. The molecule has 0 radical (unpaired) electrons. The summed E-state index contributed by atoms with van der Waals surface area (Å²) in [5.41, 5.74) is 2.59. The van der Waals surface area contributed by atoms with Gasteiger partial charge in [0.1, 0.15) is 0 Å². The SMILES string of the molecule is CC(=O)c1cccc(NC(=O)C(OC(=O)CO/N=C(\C)c2ccc3c(c2)OCO3)c2ccccc2)c1. The Morgan fingerprint density at radius 2 is 1.69 bits per heavy atom. The van der Waals surface area contributed by atoms with Crippen molar-refractivity contribution in [3.8, 4) is 11.5 Å². The van der Waals surface area contributed by atoms with E-state index in [0.717, 1.165) is 5.56 Å². The maximum absolute atomic E-state index is 13.0. The minimum Gasteiger partial charge on any atom is -0.454 e. The minimum atomic E-state index is -1.23. The van der Waals surface area contributed by atoms with Gasteiger partial charge in [0.25, 0.3) is 5.91 Å². The normalized spacial score (nSPS) is 13.0. The van der Waals surface area contributed by atoms with Crippen LogP contribution in [0.1, 0.15) is 41.4 Å². The van der Waals surface area contributed by atoms with Crippen molar-refractivity contribution in [2.75, 3.05) is 18.7 Å². The molecule has 0 fully saturated rings. The summed E-state index contributed by atoms with van der Waals surface area (Å²) in [5, 5.41) is 6.66. The van der Waals surface area contributed by atoms with Crippen LogP contribution in [0.15, 0.2) is 78.0 Å². The average molecular weight is 488 g/mol. The van der Waals surface area contributed by atoms with E-state index < -0.39 is 24.6 Å². The number of ether oxygens (including phenoxy) is 3. The third-order valence-electron chi connectivity index (χ3n) is 5.30. The Labute approximate surface area is 207 Å². The van der Waals surface area contributed by atoms with Gasteiger partial charge in [-0.2, -0.15) is 0 Å². The second-order valence-electron chi connectivity index (χ2n) is 7.92. The molecule has 0 saturated heterocycles. The van der Waals surface area contributed by atoms with Gasteiger partial charge in [0.2, 0.25) is 19.5 Å². The van der Waals surface area contributed by atoms with E-state index in [-0.39, 0.29) is 12.6 Å². The number of nitrogens with zero attached hydrogens (tertiary/aromatic N) is 1. The molecular weight excluding hydrogens is 464 g/mol. The average Bonchev–Trinajstić information content (AvgIpc) is 3.36. The molecule has 184 valence electrons. The molecule has 1 aliphatic heterocycles. The van der Waals surface area contributed by atoms with Crippen molar-refractivity contribution in [3.05, 3.63) is 89.5 Å². The third kappa shape index (κ3) is 6.06. The smallest absolute Gasteiger partial charge is 0.348 e. The molecule has 3 aromatic rings. The lowest BCUT2D eigenvalue weighted by molar-refractivity contribution is -0.159. The molecule has 9 nitrogen and oxygen atoms in total. The molecule has 1 unspecified atom stereocenters. The lowest BCUT2D eigenvalue weighted by atomic mass is 10.1. The Bertz CT molecular complexity index is 1300. The van der Waals surface area contributed by atoms with Gasteiger partial charge in [0, 0.05) is 22.4 Å². The van der Waals surface area contributed by atoms with E-state index in [1.807, 2.05) is 0 Å². The van der Waals surface area contributed by atoms with Crippen LogP contribution in [0.2, 0.25) is 0 Å². The second-order valence-corrected chi connectivity index (χ2v) is 7.92. The van der Waals surface area contributed by atoms with Gasteiger partial charge < -0.3 is 24.4 Å². The zero-order chi connectivity index (χ0) is 25.5. The van der Waals surface area contributed by atoms with Crippen LogP contribution in [0.5, 0.6) is 11.5 Å². The Morgan fingerprint density at radius 3 is 2.47 bits per heavy atom. The molecule has 1 N–H and O–H groups in total. The van der Waals surface area contributed by atoms with E-state index in [1.165, 1.54) is 6.92 Å². The number of benzene rings is 3. The zero-order valence-corrected chi connectivity index (χ0v) is 19.7. The second kappa shape index (κ2) is 11.2. The highest BCUT2D eigenvalue weighted by molar-refractivity contribution is 6.00. The van der Waals surface area contributed by atoms with E-state index >= 15 is 0 Å². The number of hydrogen-bond donors (Lipinski definition) is 1. The standard InChI is InChI=1S/C27H24N2O7/c1-17(20-11-12-23-24(14-20)34-16-33-23)29-35-15-25(31)36-26(19-7-4-3-5-8-19)27(32)28-22-10-6-9-21(13-22)18(2)30/h3-14,26H,15-16H2,1-2H3,(H,28,32)/b29-17+. The van der Waals surface area contributed by atoms with E-state index in [1.54, 1.807) is 79.7 Å². The maximum atomic E-state index is 13.0. The van der Waals surface area contributed by atoms with Crippen LogP contribution >= 0.6 is 0 Å². The fourth-order valence-electron chi connectivity index (χ4n) is 3.45. The molecule has 0 aromatic heterocycles. The van der Waals surface area contributed by atoms with Gasteiger partial charge in [0.05, 0.1) is 5.71 Å².